The summed E-state index contributed by atoms with van der Waals surface area (Å²) >= 11 is 0. The number of nitrogens with zero attached hydrogens (tertiary/aromatic N) is 1. The summed E-state index contributed by atoms with van der Waals surface area (Å²) in [6.45, 7) is 9.16. The number of hydrogen-bond donors (Lipinski definition) is 2. The van der Waals surface area contributed by atoms with E-state index in [9.17, 15) is 18.4 Å². The highest BCUT2D eigenvalue weighted by Crippen LogP contribution is 2.65. The number of halogens is 4. The maximum Gasteiger partial charge on any atom is 0.438 e. The van der Waals surface area contributed by atoms with Crippen LogP contribution in [0.25, 0.3) is 21.9 Å². The Morgan fingerprint density at radius 2 is 1.53 bits per heavy atom. The van der Waals surface area contributed by atoms with Crippen LogP contribution >= 0.6 is 0 Å². The number of phenolic OH excluding ortho intramolecular Hbond substituents is 1. The third-order valence-corrected chi connectivity index (χ3v) is 7.72. The van der Waals surface area contributed by atoms with Crippen molar-refractivity contribution in [3.05, 3.63) is 53.6 Å². The van der Waals surface area contributed by atoms with Crippen LogP contribution in [0.15, 0.2) is 42.5 Å². The molecule has 0 bridgehead atoms. The molecule has 1 fully saturated rings. The molecule has 2 N–H and O–H groups in total. The van der Waals surface area contributed by atoms with Gasteiger partial charge in [-0.05, 0) is 75.9 Å². The SMILES string of the molecule is CC1(C)CC(C)(C)CC2(C1)c1ccccc1-c1c2cc(O)c2cc3c(cc12)N(F)C(F)(F)N3.F. The summed E-state index contributed by atoms with van der Waals surface area (Å²) in [6.07, 6.45) is -0.907. The zero-order chi connectivity index (χ0) is 23.6. The number of aromatic hydroxyl groups is 1. The molecule has 6 rings (SSSR count). The first-order valence-corrected chi connectivity index (χ1v) is 11.4. The van der Waals surface area contributed by atoms with Crippen LogP contribution in [0, 0.1) is 10.8 Å². The third kappa shape index (κ3) is 2.88. The van der Waals surface area contributed by atoms with Gasteiger partial charge in [0.2, 0.25) is 0 Å². The minimum atomic E-state index is -3.82. The lowest BCUT2D eigenvalue weighted by atomic mass is 9.52. The maximum absolute atomic E-state index is 14.5. The Morgan fingerprint density at radius 3 is 2.21 bits per heavy atom. The van der Waals surface area contributed by atoms with Crippen molar-refractivity contribution in [3.8, 4) is 16.9 Å². The number of phenols is 1. The van der Waals surface area contributed by atoms with Gasteiger partial charge in [-0.25, -0.2) is 0 Å². The highest BCUT2D eigenvalue weighted by molar-refractivity contribution is 6.08. The van der Waals surface area contributed by atoms with Crippen LogP contribution in [0.5, 0.6) is 5.75 Å². The highest BCUT2D eigenvalue weighted by Gasteiger charge is 2.54. The largest absolute Gasteiger partial charge is 0.507 e. The lowest BCUT2D eigenvalue weighted by Gasteiger charge is -2.51. The molecule has 0 radical (unpaired) electrons. The molecule has 7 heteroatoms. The number of hydrogen-bond acceptors (Lipinski definition) is 3. The number of alkyl halides is 2. The van der Waals surface area contributed by atoms with E-state index in [1.54, 1.807) is 0 Å². The molecule has 1 aliphatic heterocycles. The normalized spacial score (nSPS) is 22.0. The summed E-state index contributed by atoms with van der Waals surface area (Å²) < 4.78 is 42.5. The van der Waals surface area contributed by atoms with Gasteiger partial charge < -0.3 is 10.4 Å². The van der Waals surface area contributed by atoms with E-state index in [1.807, 2.05) is 23.5 Å². The summed E-state index contributed by atoms with van der Waals surface area (Å²) in [7, 11) is 0. The summed E-state index contributed by atoms with van der Waals surface area (Å²) in [5.74, 6) is 0.0299. The van der Waals surface area contributed by atoms with Crippen LogP contribution in [-0.4, -0.2) is 11.3 Å². The molecule has 1 heterocycles. The lowest BCUT2D eigenvalue weighted by Crippen LogP contribution is -2.43. The minimum Gasteiger partial charge on any atom is -0.507 e. The summed E-state index contributed by atoms with van der Waals surface area (Å²) in [4.78, 5) is 0. The molecule has 0 unspecified atom stereocenters. The van der Waals surface area contributed by atoms with Crippen molar-refractivity contribution >= 4 is 22.1 Å². The fourth-order valence-electron chi connectivity index (χ4n) is 7.49. The fraction of sp³-hybridized carbons (Fsp3) is 0.407. The summed E-state index contributed by atoms with van der Waals surface area (Å²) in [6, 6.07) is 12.9. The molecule has 3 aliphatic rings. The van der Waals surface area contributed by atoms with E-state index in [0.717, 1.165) is 36.0 Å². The Balaban J connectivity index is 0.00000241. The van der Waals surface area contributed by atoms with Gasteiger partial charge in [-0.1, -0.05) is 56.4 Å². The monoisotopic (exact) mass is 472 g/mol. The topological polar surface area (TPSA) is 35.5 Å². The third-order valence-electron chi connectivity index (χ3n) is 7.72. The molecule has 2 aliphatic carbocycles. The molecule has 0 atom stereocenters. The van der Waals surface area contributed by atoms with E-state index in [0.29, 0.717) is 10.8 Å². The Bertz CT molecular complexity index is 1330. The maximum atomic E-state index is 14.5. The molecule has 0 saturated heterocycles. The van der Waals surface area contributed by atoms with Crippen LogP contribution in [-0.2, 0) is 5.41 Å². The van der Waals surface area contributed by atoms with Crippen molar-refractivity contribution in [2.75, 3.05) is 10.4 Å². The molecule has 1 saturated carbocycles. The quantitative estimate of drug-likeness (QED) is 0.199. The van der Waals surface area contributed by atoms with Crippen molar-refractivity contribution in [2.45, 2.75) is 58.5 Å². The van der Waals surface area contributed by atoms with Crippen LogP contribution in [0.2, 0.25) is 0 Å². The number of anilines is 2. The second kappa shape index (κ2) is 6.58. The molecule has 34 heavy (non-hydrogen) atoms. The first-order valence-electron chi connectivity index (χ1n) is 11.4. The zero-order valence-corrected chi connectivity index (χ0v) is 19.6. The fourth-order valence-corrected chi connectivity index (χ4v) is 7.49. The van der Waals surface area contributed by atoms with E-state index in [-0.39, 0.29) is 38.1 Å². The van der Waals surface area contributed by atoms with Gasteiger partial charge in [0, 0.05) is 10.8 Å². The van der Waals surface area contributed by atoms with Crippen LogP contribution in [0.4, 0.5) is 29.3 Å². The Kier molecular flexibility index (Phi) is 4.42. The predicted octanol–water partition coefficient (Wildman–Crippen LogP) is 7.87. The molecular formula is C27H28F4N2O. The smallest absolute Gasteiger partial charge is 0.438 e. The molecule has 3 nitrogen and oxygen atoms in total. The number of nitrogens with one attached hydrogen (secondary N) is 1. The number of benzene rings is 3. The molecular weight excluding hydrogens is 444 g/mol. The van der Waals surface area contributed by atoms with Gasteiger partial charge >= 0.3 is 6.17 Å². The molecule has 180 valence electrons. The van der Waals surface area contributed by atoms with Gasteiger partial charge in [0.25, 0.3) is 0 Å². The average molecular weight is 473 g/mol. The standard InChI is InChI=1S/C27H27F3N2O.FH/c1-24(2)12-25(3,4)14-26(13-24)18-8-6-5-7-15(18)23-17-10-21-20(31-27(28,29)32(21)30)9-16(17)22(33)11-19(23)26;/h5-11,31,33H,12-14H2,1-4H3;1H. The van der Waals surface area contributed by atoms with Gasteiger partial charge in [0.05, 0.1) is 5.69 Å². The minimum absolute atomic E-state index is 0. The van der Waals surface area contributed by atoms with Crippen molar-refractivity contribution < 1.29 is 23.1 Å². The van der Waals surface area contributed by atoms with Crippen LogP contribution in [0.3, 0.4) is 0 Å². The first-order chi connectivity index (χ1) is 15.3. The van der Waals surface area contributed by atoms with Crippen LogP contribution in [0.1, 0.15) is 58.1 Å². The summed E-state index contributed by atoms with van der Waals surface area (Å²) in [5, 5.41) is 13.5. The van der Waals surface area contributed by atoms with Crippen LogP contribution < -0.4 is 10.4 Å². The van der Waals surface area contributed by atoms with E-state index >= 15 is 0 Å². The number of fused-ring (bicyclic) bond motifs is 8. The van der Waals surface area contributed by atoms with E-state index in [1.165, 1.54) is 17.7 Å². The first kappa shape index (κ1) is 22.8. The Morgan fingerprint density at radius 1 is 0.882 bits per heavy atom. The van der Waals surface area contributed by atoms with Crippen molar-refractivity contribution in [3.63, 3.8) is 0 Å². The Hall–Kier alpha value is -2.96. The van der Waals surface area contributed by atoms with Gasteiger partial charge in [-0.2, -0.15) is 8.78 Å². The van der Waals surface area contributed by atoms with E-state index in [2.05, 4.69) is 39.8 Å². The summed E-state index contributed by atoms with van der Waals surface area (Å²) in [5.41, 5.74) is 3.74. The van der Waals surface area contributed by atoms with E-state index < -0.39 is 11.3 Å². The van der Waals surface area contributed by atoms with Gasteiger partial charge in [0.15, 0.2) is 0 Å². The molecule has 3 aromatic rings. The second-order valence-corrected chi connectivity index (χ2v) is 11.7. The molecule has 0 amide bonds. The van der Waals surface area contributed by atoms with Crippen molar-refractivity contribution in [1.82, 2.24) is 0 Å². The van der Waals surface area contributed by atoms with Crippen molar-refractivity contribution in [1.29, 1.82) is 0 Å². The predicted molar refractivity (Wildman–Crippen MR) is 128 cm³/mol. The Labute approximate surface area is 195 Å². The zero-order valence-electron chi connectivity index (χ0n) is 19.6. The average Bonchev–Trinajstić information content (AvgIpc) is 3.07. The molecule has 0 aromatic heterocycles. The lowest BCUT2D eigenvalue weighted by molar-refractivity contribution is -0.00571. The second-order valence-electron chi connectivity index (χ2n) is 11.7. The van der Waals surface area contributed by atoms with Gasteiger partial charge in [-0.3, -0.25) is 4.70 Å². The number of rotatable bonds is 0. The van der Waals surface area contributed by atoms with Gasteiger partial charge in [0.1, 0.15) is 11.4 Å². The van der Waals surface area contributed by atoms with Crippen molar-refractivity contribution in [2.24, 2.45) is 10.8 Å². The molecule has 3 aromatic carbocycles. The van der Waals surface area contributed by atoms with E-state index in [4.69, 9.17) is 0 Å². The highest BCUT2D eigenvalue weighted by atomic mass is 19.3. The molecule has 1 spiro atoms. The van der Waals surface area contributed by atoms with Gasteiger partial charge in [-0.15, -0.1) is 5.12 Å².